The zero-order chi connectivity index (χ0) is 37.6. The van der Waals surface area contributed by atoms with Crippen LogP contribution in [0.1, 0.15) is 22.8 Å². The normalized spacial score (nSPS) is 16.6. The minimum atomic E-state index is -2.45. The molecule has 6 aromatic rings. The van der Waals surface area contributed by atoms with Gasteiger partial charge in [0.2, 0.25) is 5.91 Å². The summed E-state index contributed by atoms with van der Waals surface area (Å²) < 4.78 is 6.55. The van der Waals surface area contributed by atoms with Crippen LogP contribution < -0.4 is 21.2 Å². The molecule has 2 aliphatic heterocycles. The second kappa shape index (κ2) is 16.3. The molecule has 8 rings (SSSR count). The molecule has 0 saturated carbocycles. The molecule has 1 saturated heterocycles. The molecule has 2 amide bonds. The molecular weight excluding hydrogens is 720 g/mol. The molecule has 272 valence electrons. The number of fused-ring (bicyclic) bond motifs is 1. The molecule has 0 spiro atoms. The van der Waals surface area contributed by atoms with Gasteiger partial charge in [0, 0.05) is 11.3 Å². The molecular formula is C47H40N2O4PS+. The molecule has 2 heterocycles. The molecule has 0 aliphatic carbocycles. The van der Waals surface area contributed by atoms with Crippen molar-refractivity contribution in [1.29, 1.82) is 0 Å². The van der Waals surface area contributed by atoms with E-state index in [0.717, 1.165) is 22.3 Å². The maximum Gasteiger partial charge on any atom is 0.356 e. The Labute approximate surface area is 326 Å². The lowest BCUT2D eigenvalue weighted by molar-refractivity contribution is -0.154. The first-order chi connectivity index (χ1) is 27.0. The number of esters is 1. The number of ether oxygens (including phenoxy) is 1. The van der Waals surface area contributed by atoms with Crippen molar-refractivity contribution < 1.29 is 19.1 Å². The second-order valence-corrected chi connectivity index (χ2v) is 18.2. The van der Waals surface area contributed by atoms with Crippen molar-refractivity contribution in [1.82, 2.24) is 10.2 Å². The number of amides is 2. The number of β-lactam (4-membered cyclic amide) rings is 1. The second-order valence-electron chi connectivity index (χ2n) is 13.7. The highest BCUT2D eigenvalue weighted by molar-refractivity contribution is 8.00. The topological polar surface area (TPSA) is 75.7 Å². The fourth-order valence-corrected chi connectivity index (χ4v) is 13.4. The highest BCUT2D eigenvalue weighted by Crippen LogP contribution is 2.58. The van der Waals surface area contributed by atoms with Crippen LogP contribution in [0.2, 0.25) is 0 Å². The third-order valence-corrected chi connectivity index (χ3v) is 15.9. The van der Waals surface area contributed by atoms with Gasteiger partial charge in [-0.1, -0.05) is 146 Å². The van der Waals surface area contributed by atoms with Gasteiger partial charge >= 0.3 is 5.97 Å². The molecule has 1 fully saturated rings. The average Bonchev–Trinajstić information content (AvgIpc) is 3.25. The molecule has 1 unspecified atom stereocenters. The summed E-state index contributed by atoms with van der Waals surface area (Å²) in [6.45, 7) is 0. The lowest BCUT2D eigenvalue weighted by Gasteiger charge is -2.50. The SMILES string of the molecule is O=C(Cc1ccccc1)NC1C(=O)N2C(C(=O)OC(c3ccccc3)c3ccccc3)=C(C[P+](c3ccccc3)(c3ccccc3)c3ccccc3)CS[C@H]12. The van der Waals surface area contributed by atoms with Gasteiger partial charge in [0.15, 0.2) is 6.10 Å². The van der Waals surface area contributed by atoms with Gasteiger partial charge in [0.25, 0.3) is 5.91 Å². The van der Waals surface area contributed by atoms with Crippen molar-refractivity contribution in [3.05, 3.63) is 210 Å². The highest BCUT2D eigenvalue weighted by Gasteiger charge is 2.56. The number of nitrogens with zero attached hydrogens (tertiary/aromatic N) is 1. The maximum absolute atomic E-state index is 15.0. The fraction of sp³-hybridized carbons (Fsp3) is 0.128. The van der Waals surface area contributed by atoms with Crippen LogP contribution in [0.15, 0.2) is 193 Å². The summed E-state index contributed by atoms with van der Waals surface area (Å²) in [7, 11) is -2.45. The smallest absolute Gasteiger partial charge is 0.356 e. The van der Waals surface area contributed by atoms with Gasteiger partial charge in [0.1, 0.15) is 40.3 Å². The Morgan fingerprint density at radius 2 is 1.09 bits per heavy atom. The van der Waals surface area contributed by atoms with Crippen LogP contribution in [-0.4, -0.2) is 46.0 Å². The Morgan fingerprint density at radius 1 is 0.655 bits per heavy atom. The van der Waals surface area contributed by atoms with E-state index in [2.05, 4.69) is 78.1 Å². The quantitative estimate of drug-likeness (QED) is 0.0812. The molecule has 0 bridgehead atoms. The Bertz CT molecular complexity index is 2160. The van der Waals surface area contributed by atoms with Gasteiger partial charge in [-0.3, -0.25) is 14.5 Å². The van der Waals surface area contributed by atoms with Crippen LogP contribution >= 0.6 is 19.0 Å². The number of thioether (sulfide) groups is 1. The van der Waals surface area contributed by atoms with Crippen molar-refractivity contribution in [2.24, 2.45) is 0 Å². The Hall–Kier alpha value is -5.75. The van der Waals surface area contributed by atoms with E-state index in [-0.39, 0.29) is 23.9 Å². The summed E-state index contributed by atoms with van der Waals surface area (Å²) >= 11 is 1.58. The van der Waals surface area contributed by atoms with Crippen molar-refractivity contribution in [3.63, 3.8) is 0 Å². The van der Waals surface area contributed by atoms with Crippen molar-refractivity contribution in [3.8, 4) is 0 Å². The minimum absolute atomic E-state index is 0.159. The fourth-order valence-electron chi connectivity index (χ4n) is 7.60. The summed E-state index contributed by atoms with van der Waals surface area (Å²) in [4.78, 5) is 44.1. The first-order valence-corrected chi connectivity index (χ1v) is 21.4. The number of nitrogens with one attached hydrogen (secondary N) is 1. The van der Waals surface area contributed by atoms with E-state index in [4.69, 9.17) is 4.74 Å². The molecule has 6 nitrogen and oxygen atoms in total. The van der Waals surface area contributed by atoms with Gasteiger partial charge in [-0.25, -0.2) is 4.79 Å². The monoisotopic (exact) mass is 759 g/mol. The summed E-state index contributed by atoms with van der Waals surface area (Å²) in [6.07, 6.45) is -0.0245. The molecule has 0 aromatic heterocycles. The molecule has 8 heteroatoms. The first kappa shape index (κ1) is 36.2. The van der Waals surface area contributed by atoms with E-state index >= 15 is 4.79 Å². The molecule has 2 atom stereocenters. The van der Waals surface area contributed by atoms with E-state index in [1.165, 1.54) is 15.9 Å². The summed E-state index contributed by atoms with van der Waals surface area (Å²) in [5.41, 5.74) is 3.63. The Kier molecular flexibility index (Phi) is 10.8. The number of hydrogen-bond acceptors (Lipinski definition) is 5. The van der Waals surface area contributed by atoms with Gasteiger partial charge in [0.05, 0.1) is 12.6 Å². The molecule has 55 heavy (non-hydrogen) atoms. The largest absolute Gasteiger partial charge is 0.448 e. The van der Waals surface area contributed by atoms with Gasteiger partial charge < -0.3 is 10.1 Å². The van der Waals surface area contributed by atoms with Crippen molar-refractivity contribution >= 4 is 52.7 Å². The summed E-state index contributed by atoms with van der Waals surface area (Å²) in [5, 5.41) is 6.05. The number of benzene rings is 6. The van der Waals surface area contributed by atoms with Crippen molar-refractivity contribution in [2.45, 2.75) is 23.9 Å². The van der Waals surface area contributed by atoms with Crippen LogP contribution in [-0.2, 0) is 25.5 Å². The average molecular weight is 760 g/mol. The van der Waals surface area contributed by atoms with Gasteiger partial charge in [-0.2, -0.15) is 0 Å². The van der Waals surface area contributed by atoms with E-state index < -0.39 is 30.8 Å². The molecule has 1 N–H and O–H groups in total. The van der Waals surface area contributed by atoms with Crippen LogP contribution in [0.4, 0.5) is 0 Å². The first-order valence-electron chi connectivity index (χ1n) is 18.4. The number of rotatable bonds is 12. The third-order valence-electron chi connectivity index (χ3n) is 10.2. The predicted molar refractivity (Wildman–Crippen MR) is 223 cm³/mol. The van der Waals surface area contributed by atoms with Crippen molar-refractivity contribution in [2.75, 3.05) is 11.9 Å². The summed E-state index contributed by atoms with van der Waals surface area (Å²) in [6, 6.07) is 59.6. The Balaban J connectivity index is 1.23. The van der Waals surface area contributed by atoms with E-state index in [1.807, 2.05) is 109 Å². The molecule has 6 aromatic carbocycles. The number of carbonyl (C=O) groups excluding carboxylic acids is 3. The predicted octanol–water partition coefficient (Wildman–Crippen LogP) is 7.21. The van der Waals surface area contributed by atoms with E-state index in [9.17, 15) is 9.59 Å². The van der Waals surface area contributed by atoms with E-state index in [1.54, 1.807) is 16.7 Å². The lowest BCUT2D eigenvalue weighted by Crippen LogP contribution is -2.70. The third kappa shape index (κ3) is 7.38. The molecule has 2 aliphatic rings. The number of hydrogen-bond donors (Lipinski definition) is 1. The van der Waals surface area contributed by atoms with Gasteiger partial charge in [-0.15, -0.1) is 11.8 Å². The number of carbonyl (C=O) groups is 3. The maximum atomic E-state index is 15.0. The van der Waals surface area contributed by atoms with Crippen LogP contribution in [0.3, 0.4) is 0 Å². The zero-order valence-electron chi connectivity index (χ0n) is 30.1. The van der Waals surface area contributed by atoms with Crippen LogP contribution in [0.5, 0.6) is 0 Å². The van der Waals surface area contributed by atoms with E-state index in [0.29, 0.717) is 11.9 Å². The van der Waals surface area contributed by atoms with Crippen LogP contribution in [0, 0.1) is 0 Å². The van der Waals surface area contributed by atoms with Gasteiger partial charge in [-0.05, 0) is 53.1 Å². The van der Waals surface area contributed by atoms with Crippen LogP contribution in [0.25, 0.3) is 0 Å². The Morgan fingerprint density at radius 3 is 1.56 bits per heavy atom. The summed E-state index contributed by atoms with van der Waals surface area (Å²) in [5.74, 6) is -0.631. The highest BCUT2D eigenvalue weighted by atomic mass is 32.2. The minimum Gasteiger partial charge on any atom is -0.448 e. The zero-order valence-corrected chi connectivity index (χ0v) is 31.8. The lowest BCUT2D eigenvalue weighted by atomic mass is 10.0. The standard InChI is InChI=1S/C47H39N2O4PS/c50-41(31-34-19-7-1-8-20-34)48-42-45(51)49-43(47(52)53-44(35-21-9-2-10-22-35)36-23-11-3-12-24-36)37(33-55-46(42)49)32-54(38-25-13-4-14-26-38,39-27-15-5-16-28-39)40-29-17-6-18-30-40/h1-30,42,44,46H,31-33H2/p+1/t42?,46-/m1/s1. The molecule has 0 radical (unpaired) electrons.